The molecule has 0 aromatic rings. The first-order chi connectivity index (χ1) is 8.99. The van der Waals surface area contributed by atoms with Crippen LogP contribution in [0.1, 0.15) is 27.2 Å². The summed E-state index contributed by atoms with van der Waals surface area (Å²) < 4.78 is 39.6. The van der Waals surface area contributed by atoms with Gasteiger partial charge in [0.2, 0.25) is 5.91 Å². The van der Waals surface area contributed by atoms with Gasteiger partial charge in [0.15, 0.2) is 0 Å². The fraction of sp³-hybridized carbons (Fsp3) is 0.833. The van der Waals surface area contributed by atoms with Crippen LogP contribution in [-0.2, 0) is 14.3 Å². The summed E-state index contributed by atoms with van der Waals surface area (Å²) in [6.45, 7) is 3.09. The zero-order valence-electron chi connectivity index (χ0n) is 11.7. The van der Waals surface area contributed by atoms with E-state index in [1.54, 1.807) is 13.8 Å². The minimum atomic E-state index is -4.40. The van der Waals surface area contributed by atoms with Crippen molar-refractivity contribution in [3.8, 4) is 0 Å². The SMILES string of the molecule is CC(C)C(C)(CC(=O)NCCOCC(F)(F)F)C(=O)O. The quantitative estimate of drug-likeness (QED) is 0.670. The van der Waals surface area contributed by atoms with E-state index < -0.39 is 30.1 Å². The number of rotatable bonds is 8. The maximum absolute atomic E-state index is 11.8. The summed E-state index contributed by atoms with van der Waals surface area (Å²) in [6, 6.07) is 0. The molecule has 0 aliphatic heterocycles. The highest BCUT2D eigenvalue weighted by Crippen LogP contribution is 2.31. The van der Waals surface area contributed by atoms with Crippen LogP contribution >= 0.6 is 0 Å². The molecule has 0 aromatic heterocycles. The highest BCUT2D eigenvalue weighted by atomic mass is 19.4. The Morgan fingerprint density at radius 2 is 1.85 bits per heavy atom. The summed E-state index contributed by atoms with van der Waals surface area (Å²) in [5.41, 5.74) is -1.21. The minimum Gasteiger partial charge on any atom is -0.481 e. The lowest BCUT2D eigenvalue weighted by atomic mass is 9.76. The molecule has 0 saturated carbocycles. The van der Waals surface area contributed by atoms with Gasteiger partial charge in [0.25, 0.3) is 0 Å². The monoisotopic (exact) mass is 299 g/mol. The van der Waals surface area contributed by atoms with Crippen molar-refractivity contribution < 1.29 is 32.6 Å². The molecule has 0 saturated heterocycles. The number of ether oxygens (including phenoxy) is 1. The van der Waals surface area contributed by atoms with Crippen molar-refractivity contribution in [3.05, 3.63) is 0 Å². The summed E-state index contributed by atoms with van der Waals surface area (Å²) in [5, 5.41) is 11.5. The average Bonchev–Trinajstić information content (AvgIpc) is 2.26. The summed E-state index contributed by atoms with van der Waals surface area (Å²) in [5.74, 6) is -1.87. The van der Waals surface area contributed by atoms with Gasteiger partial charge >= 0.3 is 12.1 Å². The fourth-order valence-corrected chi connectivity index (χ4v) is 1.37. The molecule has 8 heteroatoms. The Kier molecular flexibility index (Phi) is 6.98. The number of carboxylic acid groups (broad SMARTS) is 1. The lowest BCUT2D eigenvalue weighted by Crippen LogP contribution is -2.40. The molecule has 2 N–H and O–H groups in total. The van der Waals surface area contributed by atoms with Crippen molar-refractivity contribution >= 4 is 11.9 Å². The van der Waals surface area contributed by atoms with Gasteiger partial charge in [-0.3, -0.25) is 9.59 Å². The fourth-order valence-electron chi connectivity index (χ4n) is 1.37. The van der Waals surface area contributed by atoms with E-state index in [4.69, 9.17) is 5.11 Å². The Labute approximate surface area is 115 Å². The summed E-state index contributed by atoms with van der Waals surface area (Å²) in [7, 11) is 0. The molecule has 1 atom stereocenters. The standard InChI is InChI=1S/C12H20F3NO4/c1-8(2)11(3,10(18)19)6-9(17)16-4-5-20-7-12(13,14)15/h8H,4-7H2,1-3H3,(H,16,17)(H,18,19). The second-order valence-corrected chi connectivity index (χ2v) is 5.07. The lowest BCUT2D eigenvalue weighted by Gasteiger charge is -2.28. The topological polar surface area (TPSA) is 75.6 Å². The molecule has 0 heterocycles. The second-order valence-electron chi connectivity index (χ2n) is 5.07. The predicted octanol–water partition coefficient (Wildman–Crippen LogP) is 1.82. The molecule has 1 unspecified atom stereocenters. The lowest BCUT2D eigenvalue weighted by molar-refractivity contribution is -0.173. The van der Waals surface area contributed by atoms with Crippen LogP contribution in [0.5, 0.6) is 0 Å². The Bertz CT molecular complexity index is 344. The van der Waals surface area contributed by atoms with Crippen LogP contribution in [0.3, 0.4) is 0 Å². The second kappa shape index (κ2) is 7.47. The first-order valence-corrected chi connectivity index (χ1v) is 6.13. The third kappa shape index (κ3) is 6.74. The van der Waals surface area contributed by atoms with Gasteiger partial charge < -0.3 is 15.2 Å². The minimum absolute atomic E-state index is 0.0945. The molecular formula is C12H20F3NO4. The smallest absolute Gasteiger partial charge is 0.411 e. The Morgan fingerprint density at radius 3 is 2.25 bits per heavy atom. The molecule has 5 nitrogen and oxygen atoms in total. The van der Waals surface area contributed by atoms with E-state index in [1.807, 2.05) is 0 Å². The van der Waals surface area contributed by atoms with E-state index in [0.717, 1.165) is 0 Å². The van der Waals surface area contributed by atoms with Crippen LogP contribution in [0.4, 0.5) is 13.2 Å². The summed E-state index contributed by atoms with van der Waals surface area (Å²) >= 11 is 0. The van der Waals surface area contributed by atoms with Gasteiger partial charge in [-0.05, 0) is 12.8 Å². The third-order valence-corrected chi connectivity index (χ3v) is 3.12. The van der Waals surface area contributed by atoms with Gasteiger partial charge in [-0.25, -0.2) is 0 Å². The number of halogens is 3. The number of amides is 1. The average molecular weight is 299 g/mol. The van der Waals surface area contributed by atoms with E-state index in [0.29, 0.717) is 0 Å². The number of hydrogen-bond donors (Lipinski definition) is 2. The zero-order valence-corrected chi connectivity index (χ0v) is 11.7. The van der Waals surface area contributed by atoms with Crippen molar-refractivity contribution in [2.24, 2.45) is 11.3 Å². The molecule has 20 heavy (non-hydrogen) atoms. The van der Waals surface area contributed by atoms with Crippen LogP contribution in [-0.4, -0.2) is 42.9 Å². The van der Waals surface area contributed by atoms with Crippen molar-refractivity contribution in [3.63, 3.8) is 0 Å². The maximum atomic E-state index is 11.8. The molecular weight excluding hydrogens is 279 g/mol. The Morgan fingerprint density at radius 1 is 1.30 bits per heavy atom. The number of carboxylic acids is 1. The van der Waals surface area contributed by atoms with Gasteiger partial charge in [-0.15, -0.1) is 0 Å². The van der Waals surface area contributed by atoms with Gasteiger partial charge in [-0.2, -0.15) is 13.2 Å². The van der Waals surface area contributed by atoms with Gasteiger partial charge in [-0.1, -0.05) is 13.8 Å². The highest BCUT2D eigenvalue weighted by molar-refractivity contribution is 5.84. The molecule has 0 rings (SSSR count). The molecule has 0 aliphatic carbocycles. The van der Waals surface area contributed by atoms with E-state index >= 15 is 0 Å². The Hall–Kier alpha value is -1.31. The van der Waals surface area contributed by atoms with Crippen LogP contribution in [0.25, 0.3) is 0 Å². The number of nitrogens with one attached hydrogen (secondary N) is 1. The maximum Gasteiger partial charge on any atom is 0.411 e. The molecule has 0 bridgehead atoms. The van der Waals surface area contributed by atoms with Gasteiger partial charge in [0, 0.05) is 13.0 Å². The highest BCUT2D eigenvalue weighted by Gasteiger charge is 2.38. The predicted molar refractivity (Wildman–Crippen MR) is 65.1 cm³/mol. The van der Waals surface area contributed by atoms with Gasteiger partial charge in [0.05, 0.1) is 12.0 Å². The van der Waals surface area contributed by atoms with E-state index in [-0.39, 0.29) is 25.5 Å². The molecule has 0 radical (unpaired) electrons. The molecule has 0 spiro atoms. The van der Waals surface area contributed by atoms with E-state index in [2.05, 4.69) is 10.1 Å². The van der Waals surface area contributed by atoms with E-state index in [1.165, 1.54) is 6.92 Å². The molecule has 0 fully saturated rings. The summed E-state index contributed by atoms with van der Waals surface area (Å²) in [4.78, 5) is 22.7. The molecule has 0 aliphatic rings. The number of alkyl halides is 3. The van der Waals surface area contributed by atoms with Crippen molar-refractivity contribution in [1.29, 1.82) is 0 Å². The summed E-state index contributed by atoms with van der Waals surface area (Å²) in [6.07, 6.45) is -4.64. The van der Waals surface area contributed by atoms with Gasteiger partial charge in [0.1, 0.15) is 6.61 Å². The van der Waals surface area contributed by atoms with E-state index in [9.17, 15) is 22.8 Å². The van der Waals surface area contributed by atoms with Crippen molar-refractivity contribution in [2.45, 2.75) is 33.4 Å². The molecule has 118 valence electrons. The van der Waals surface area contributed by atoms with Crippen LogP contribution in [0.2, 0.25) is 0 Å². The largest absolute Gasteiger partial charge is 0.481 e. The third-order valence-electron chi connectivity index (χ3n) is 3.12. The van der Waals surface area contributed by atoms with Crippen LogP contribution < -0.4 is 5.32 Å². The number of aliphatic carboxylic acids is 1. The van der Waals surface area contributed by atoms with Crippen LogP contribution in [0, 0.1) is 11.3 Å². The van der Waals surface area contributed by atoms with Crippen molar-refractivity contribution in [2.75, 3.05) is 19.8 Å². The molecule has 0 aromatic carbocycles. The Balaban J connectivity index is 4.08. The number of carbonyl (C=O) groups is 2. The normalized spacial score (nSPS) is 14.9. The number of hydrogen-bond acceptors (Lipinski definition) is 3. The number of carbonyl (C=O) groups excluding carboxylic acids is 1. The first-order valence-electron chi connectivity index (χ1n) is 6.13. The molecule has 1 amide bonds. The van der Waals surface area contributed by atoms with Crippen molar-refractivity contribution in [1.82, 2.24) is 5.32 Å². The zero-order chi connectivity index (χ0) is 16.0. The first kappa shape index (κ1) is 18.7. The van der Waals surface area contributed by atoms with Crippen LogP contribution in [0.15, 0.2) is 0 Å².